The quantitative estimate of drug-likeness (QED) is 0.802. The first-order valence-electron chi connectivity index (χ1n) is 5.94. The average Bonchev–Trinajstić information content (AvgIpc) is 2.29. The Morgan fingerprint density at radius 1 is 1.41 bits per heavy atom. The molecular weight excluding hydrogens is 219 g/mol. The van der Waals surface area contributed by atoms with Crippen LogP contribution in [-0.2, 0) is 0 Å². The van der Waals surface area contributed by atoms with Gasteiger partial charge >= 0.3 is 0 Å². The van der Waals surface area contributed by atoms with Crippen molar-refractivity contribution in [3.05, 3.63) is 29.6 Å². The summed E-state index contributed by atoms with van der Waals surface area (Å²) in [5, 5.41) is 0. The van der Waals surface area contributed by atoms with Gasteiger partial charge in [-0.1, -0.05) is 13.3 Å². The van der Waals surface area contributed by atoms with Crippen molar-refractivity contribution in [3.63, 3.8) is 0 Å². The molecule has 0 aromatic heterocycles. The number of amides is 1. The molecule has 1 aromatic rings. The van der Waals surface area contributed by atoms with E-state index in [0.29, 0.717) is 18.8 Å². The second-order valence-corrected chi connectivity index (χ2v) is 3.98. The van der Waals surface area contributed by atoms with Gasteiger partial charge in [0.1, 0.15) is 5.82 Å². The molecule has 0 atom stereocenters. The Bertz CT molecular complexity index is 393. The van der Waals surface area contributed by atoms with Crippen LogP contribution in [0, 0.1) is 5.82 Å². The van der Waals surface area contributed by atoms with Crippen LogP contribution in [0.2, 0.25) is 0 Å². The molecule has 0 heterocycles. The van der Waals surface area contributed by atoms with E-state index in [0.717, 1.165) is 12.8 Å². The standard InChI is InChI=1S/C13H19FN2O/c1-3-5-8-16(4-2)13(17)11-7-6-10(15)9-12(11)14/h6-7,9H,3-5,8,15H2,1-2H3. The van der Waals surface area contributed by atoms with E-state index < -0.39 is 5.82 Å². The molecular formula is C13H19FN2O. The Hall–Kier alpha value is -1.58. The molecule has 94 valence electrons. The molecule has 0 aliphatic carbocycles. The van der Waals surface area contributed by atoms with Gasteiger partial charge in [0.2, 0.25) is 0 Å². The molecule has 0 unspecified atom stereocenters. The van der Waals surface area contributed by atoms with Gasteiger partial charge in [-0.2, -0.15) is 0 Å². The Labute approximate surface area is 101 Å². The number of hydrogen-bond donors (Lipinski definition) is 1. The highest BCUT2D eigenvalue weighted by atomic mass is 19.1. The number of carbonyl (C=O) groups excluding carboxylic acids is 1. The molecule has 0 bridgehead atoms. The molecule has 0 radical (unpaired) electrons. The fourth-order valence-electron chi connectivity index (χ4n) is 1.63. The Kier molecular flexibility index (Phi) is 4.94. The Morgan fingerprint density at radius 3 is 2.65 bits per heavy atom. The summed E-state index contributed by atoms with van der Waals surface area (Å²) >= 11 is 0. The molecule has 17 heavy (non-hydrogen) atoms. The van der Waals surface area contributed by atoms with Gasteiger partial charge in [0, 0.05) is 18.8 Å². The third-order valence-electron chi connectivity index (χ3n) is 2.67. The summed E-state index contributed by atoms with van der Waals surface area (Å²) in [6.45, 7) is 5.20. The summed E-state index contributed by atoms with van der Waals surface area (Å²) in [4.78, 5) is 13.7. The first-order valence-corrected chi connectivity index (χ1v) is 5.94. The predicted octanol–water partition coefficient (Wildman–Crippen LogP) is 2.67. The van der Waals surface area contributed by atoms with Crippen LogP contribution in [0.4, 0.5) is 10.1 Å². The van der Waals surface area contributed by atoms with Crippen molar-refractivity contribution in [3.8, 4) is 0 Å². The lowest BCUT2D eigenvalue weighted by atomic mass is 10.1. The zero-order chi connectivity index (χ0) is 12.8. The zero-order valence-corrected chi connectivity index (χ0v) is 10.4. The number of hydrogen-bond acceptors (Lipinski definition) is 2. The third kappa shape index (κ3) is 3.44. The van der Waals surface area contributed by atoms with Crippen LogP contribution in [0.15, 0.2) is 18.2 Å². The summed E-state index contributed by atoms with van der Waals surface area (Å²) in [6, 6.07) is 4.17. The summed E-state index contributed by atoms with van der Waals surface area (Å²) in [7, 11) is 0. The number of nitrogens with two attached hydrogens (primary N) is 1. The van der Waals surface area contributed by atoms with E-state index >= 15 is 0 Å². The number of unbranched alkanes of at least 4 members (excludes halogenated alkanes) is 1. The number of benzene rings is 1. The van der Waals surface area contributed by atoms with Crippen LogP contribution >= 0.6 is 0 Å². The predicted molar refractivity (Wildman–Crippen MR) is 67.3 cm³/mol. The fourth-order valence-corrected chi connectivity index (χ4v) is 1.63. The van der Waals surface area contributed by atoms with Gasteiger partial charge < -0.3 is 10.6 Å². The van der Waals surface area contributed by atoms with Gasteiger partial charge in [-0.05, 0) is 31.5 Å². The minimum absolute atomic E-state index is 0.0946. The monoisotopic (exact) mass is 238 g/mol. The van der Waals surface area contributed by atoms with Gasteiger partial charge in [-0.3, -0.25) is 4.79 Å². The van der Waals surface area contributed by atoms with Crippen molar-refractivity contribution in [2.45, 2.75) is 26.7 Å². The largest absolute Gasteiger partial charge is 0.399 e. The molecule has 2 N–H and O–H groups in total. The van der Waals surface area contributed by atoms with Gasteiger partial charge in [0.25, 0.3) is 5.91 Å². The minimum atomic E-state index is -0.551. The Morgan fingerprint density at radius 2 is 2.12 bits per heavy atom. The van der Waals surface area contributed by atoms with Crippen LogP contribution < -0.4 is 5.73 Å². The van der Waals surface area contributed by atoms with Gasteiger partial charge in [0.05, 0.1) is 5.56 Å². The molecule has 1 rings (SSSR count). The maximum atomic E-state index is 13.6. The summed E-state index contributed by atoms with van der Waals surface area (Å²) < 4.78 is 13.6. The van der Waals surface area contributed by atoms with Crippen LogP contribution in [0.25, 0.3) is 0 Å². The second kappa shape index (κ2) is 6.23. The number of nitrogens with zero attached hydrogens (tertiary/aromatic N) is 1. The Balaban J connectivity index is 2.86. The minimum Gasteiger partial charge on any atom is -0.399 e. The number of anilines is 1. The summed E-state index contributed by atoms with van der Waals surface area (Å²) in [5.74, 6) is -0.816. The molecule has 0 saturated carbocycles. The molecule has 0 spiro atoms. The molecule has 0 saturated heterocycles. The summed E-state index contributed by atoms with van der Waals surface area (Å²) in [5.41, 5.74) is 5.88. The van der Waals surface area contributed by atoms with E-state index in [1.165, 1.54) is 12.1 Å². The lowest BCUT2D eigenvalue weighted by Gasteiger charge is -2.20. The highest BCUT2D eigenvalue weighted by Gasteiger charge is 2.17. The van der Waals surface area contributed by atoms with E-state index in [1.54, 1.807) is 11.0 Å². The lowest BCUT2D eigenvalue weighted by Crippen LogP contribution is -2.32. The first-order chi connectivity index (χ1) is 8.10. The molecule has 1 amide bonds. The van der Waals surface area contributed by atoms with Crippen molar-refractivity contribution in [1.82, 2.24) is 4.90 Å². The third-order valence-corrected chi connectivity index (χ3v) is 2.67. The number of rotatable bonds is 5. The van der Waals surface area contributed by atoms with Crippen LogP contribution in [0.3, 0.4) is 0 Å². The van der Waals surface area contributed by atoms with Crippen LogP contribution in [-0.4, -0.2) is 23.9 Å². The number of carbonyl (C=O) groups is 1. The van der Waals surface area contributed by atoms with E-state index in [1.807, 2.05) is 6.92 Å². The van der Waals surface area contributed by atoms with Crippen molar-refractivity contribution in [1.29, 1.82) is 0 Å². The number of halogens is 1. The van der Waals surface area contributed by atoms with Crippen molar-refractivity contribution in [2.24, 2.45) is 0 Å². The SMILES string of the molecule is CCCCN(CC)C(=O)c1ccc(N)cc1F. The lowest BCUT2D eigenvalue weighted by molar-refractivity contribution is 0.0757. The smallest absolute Gasteiger partial charge is 0.256 e. The van der Waals surface area contributed by atoms with E-state index in [4.69, 9.17) is 5.73 Å². The highest BCUT2D eigenvalue weighted by molar-refractivity contribution is 5.94. The van der Waals surface area contributed by atoms with Gasteiger partial charge in [-0.25, -0.2) is 4.39 Å². The highest BCUT2D eigenvalue weighted by Crippen LogP contribution is 2.14. The second-order valence-electron chi connectivity index (χ2n) is 3.98. The van der Waals surface area contributed by atoms with Gasteiger partial charge in [0.15, 0.2) is 0 Å². The van der Waals surface area contributed by atoms with E-state index in [2.05, 4.69) is 6.92 Å². The number of nitrogen functional groups attached to an aromatic ring is 1. The zero-order valence-electron chi connectivity index (χ0n) is 10.4. The maximum Gasteiger partial charge on any atom is 0.256 e. The van der Waals surface area contributed by atoms with Crippen molar-refractivity contribution < 1.29 is 9.18 Å². The maximum absolute atomic E-state index is 13.6. The van der Waals surface area contributed by atoms with Crippen LogP contribution in [0.5, 0.6) is 0 Å². The molecule has 1 aromatic carbocycles. The van der Waals surface area contributed by atoms with E-state index in [9.17, 15) is 9.18 Å². The normalized spacial score (nSPS) is 10.3. The first kappa shape index (κ1) is 13.5. The van der Waals surface area contributed by atoms with Gasteiger partial charge in [-0.15, -0.1) is 0 Å². The molecule has 0 aliphatic heterocycles. The molecule has 0 fully saturated rings. The molecule has 3 nitrogen and oxygen atoms in total. The topological polar surface area (TPSA) is 46.3 Å². The van der Waals surface area contributed by atoms with Crippen molar-refractivity contribution in [2.75, 3.05) is 18.8 Å². The molecule has 0 aliphatic rings. The average molecular weight is 238 g/mol. The molecule has 4 heteroatoms. The van der Waals surface area contributed by atoms with Crippen LogP contribution in [0.1, 0.15) is 37.0 Å². The summed E-state index contributed by atoms with van der Waals surface area (Å²) in [6.07, 6.45) is 1.93. The fraction of sp³-hybridized carbons (Fsp3) is 0.462. The van der Waals surface area contributed by atoms with E-state index in [-0.39, 0.29) is 11.5 Å². The van der Waals surface area contributed by atoms with Crippen molar-refractivity contribution >= 4 is 11.6 Å².